The summed E-state index contributed by atoms with van der Waals surface area (Å²) in [4.78, 5) is 26.5. The highest BCUT2D eigenvalue weighted by molar-refractivity contribution is 6.23. The summed E-state index contributed by atoms with van der Waals surface area (Å²) < 4.78 is 5.74. The molecule has 136 valence electrons. The molecular formula is C20H22N2O4. The summed E-state index contributed by atoms with van der Waals surface area (Å²) in [6.07, 6.45) is 1.78. The third kappa shape index (κ3) is 3.55. The van der Waals surface area contributed by atoms with Crippen molar-refractivity contribution in [3.63, 3.8) is 0 Å². The highest BCUT2D eigenvalue weighted by Gasteiger charge is 2.44. The van der Waals surface area contributed by atoms with Gasteiger partial charge in [0.15, 0.2) is 0 Å². The Bertz CT molecular complexity index is 778. The summed E-state index contributed by atoms with van der Waals surface area (Å²) in [6, 6.07) is 14.7. The average Bonchev–Trinajstić information content (AvgIpc) is 2.97. The van der Waals surface area contributed by atoms with Gasteiger partial charge in [-0.25, -0.2) is 9.96 Å². The molecule has 0 spiro atoms. The molecule has 1 unspecified atom stereocenters. The first-order valence-electron chi connectivity index (χ1n) is 8.75. The normalized spacial score (nSPS) is 16.8. The molecule has 6 nitrogen and oxygen atoms in total. The molecule has 6 heteroatoms. The zero-order chi connectivity index (χ0) is 18.5. The Morgan fingerprint density at radius 3 is 2.54 bits per heavy atom. The van der Waals surface area contributed by atoms with Crippen LogP contribution < -0.4 is 14.7 Å². The lowest BCUT2D eigenvalue weighted by molar-refractivity contribution is -0.121. The van der Waals surface area contributed by atoms with Crippen LogP contribution in [0, 0.1) is 0 Å². The number of rotatable bonds is 7. The van der Waals surface area contributed by atoms with Crippen LogP contribution in [0.4, 0.5) is 11.4 Å². The van der Waals surface area contributed by atoms with Gasteiger partial charge in [0.2, 0.25) is 5.91 Å². The molecule has 1 atom stereocenters. The number of imide groups is 1. The van der Waals surface area contributed by atoms with Crippen LogP contribution in [0.15, 0.2) is 54.6 Å². The zero-order valence-electron chi connectivity index (χ0n) is 14.7. The van der Waals surface area contributed by atoms with Gasteiger partial charge in [0.1, 0.15) is 11.8 Å². The third-order valence-electron chi connectivity index (χ3n) is 4.30. The molecule has 26 heavy (non-hydrogen) atoms. The molecule has 1 fully saturated rings. The van der Waals surface area contributed by atoms with E-state index in [1.165, 1.54) is 0 Å². The van der Waals surface area contributed by atoms with Gasteiger partial charge >= 0.3 is 0 Å². The van der Waals surface area contributed by atoms with E-state index in [0.29, 0.717) is 23.7 Å². The van der Waals surface area contributed by atoms with E-state index in [1.807, 2.05) is 6.07 Å². The standard InChI is InChI=1S/C20H22N2O4/c1-2-3-13-26-18-12-8-7-11-16(18)21-19(23)14-17(20(21)24)22(25)15-9-5-4-6-10-15/h4-12,17,25H,2-3,13-14H2,1H3. The average molecular weight is 354 g/mol. The fraction of sp³-hybridized carbons (Fsp3) is 0.300. The number of carbonyl (C=O) groups excluding carboxylic acids is 2. The fourth-order valence-corrected chi connectivity index (χ4v) is 2.91. The molecular weight excluding hydrogens is 332 g/mol. The summed E-state index contributed by atoms with van der Waals surface area (Å²) in [5.74, 6) is -0.332. The molecule has 3 rings (SSSR count). The first kappa shape index (κ1) is 17.9. The monoisotopic (exact) mass is 354 g/mol. The van der Waals surface area contributed by atoms with E-state index in [2.05, 4.69) is 6.92 Å². The smallest absolute Gasteiger partial charge is 0.259 e. The molecule has 2 aromatic carbocycles. The van der Waals surface area contributed by atoms with Gasteiger partial charge in [0.25, 0.3) is 5.91 Å². The topological polar surface area (TPSA) is 70.1 Å². The number of hydroxylamine groups is 1. The second-order valence-electron chi connectivity index (χ2n) is 6.14. The Labute approximate surface area is 152 Å². The van der Waals surface area contributed by atoms with Crippen LogP contribution in [0.25, 0.3) is 0 Å². The van der Waals surface area contributed by atoms with Gasteiger partial charge in [-0.15, -0.1) is 0 Å². The van der Waals surface area contributed by atoms with Crippen LogP contribution in [0.3, 0.4) is 0 Å². The Morgan fingerprint density at radius 2 is 1.81 bits per heavy atom. The van der Waals surface area contributed by atoms with Gasteiger partial charge in [-0.3, -0.25) is 14.8 Å². The molecule has 0 radical (unpaired) electrons. The second kappa shape index (κ2) is 8.01. The maximum atomic E-state index is 12.9. The van der Waals surface area contributed by atoms with Crippen molar-refractivity contribution in [2.24, 2.45) is 0 Å². The maximum Gasteiger partial charge on any atom is 0.259 e. The van der Waals surface area contributed by atoms with Crippen molar-refractivity contribution in [2.45, 2.75) is 32.2 Å². The summed E-state index contributed by atoms with van der Waals surface area (Å²) in [5.41, 5.74) is 0.885. The minimum absolute atomic E-state index is 0.0898. The number of benzene rings is 2. The lowest BCUT2D eigenvalue weighted by Crippen LogP contribution is -2.40. The van der Waals surface area contributed by atoms with E-state index in [9.17, 15) is 14.8 Å². The molecule has 1 saturated heterocycles. The van der Waals surface area contributed by atoms with E-state index in [1.54, 1.807) is 48.5 Å². The molecule has 2 aromatic rings. The first-order valence-corrected chi connectivity index (χ1v) is 8.75. The number of hydrogen-bond acceptors (Lipinski definition) is 5. The van der Waals surface area contributed by atoms with Crippen molar-refractivity contribution in [1.82, 2.24) is 0 Å². The molecule has 1 N–H and O–H groups in total. The number of anilines is 2. The number of nitrogens with zero attached hydrogens (tertiary/aromatic N) is 2. The lowest BCUT2D eigenvalue weighted by atomic mass is 10.2. The van der Waals surface area contributed by atoms with Crippen molar-refractivity contribution in [1.29, 1.82) is 0 Å². The quantitative estimate of drug-likeness (QED) is 0.469. The second-order valence-corrected chi connectivity index (χ2v) is 6.14. The predicted octanol–water partition coefficient (Wildman–Crippen LogP) is 3.39. The number of hydrogen-bond donors (Lipinski definition) is 1. The van der Waals surface area contributed by atoms with E-state index < -0.39 is 11.9 Å². The largest absolute Gasteiger partial charge is 0.491 e. The number of carbonyl (C=O) groups is 2. The van der Waals surface area contributed by atoms with Crippen molar-refractivity contribution in [3.05, 3.63) is 54.6 Å². The molecule has 0 bridgehead atoms. The Kier molecular flexibility index (Phi) is 5.53. The summed E-state index contributed by atoms with van der Waals surface area (Å²) in [5, 5.41) is 11.3. The maximum absolute atomic E-state index is 12.9. The SMILES string of the molecule is CCCCOc1ccccc1N1C(=O)CC(N(O)c2ccccc2)C1=O. The van der Waals surface area contributed by atoms with Gasteiger partial charge in [-0.05, 0) is 30.7 Å². The Balaban J connectivity index is 1.84. The fourth-order valence-electron chi connectivity index (χ4n) is 2.91. The van der Waals surface area contributed by atoms with Crippen LogP contribution in [0.1, 0.15) is 26.2 Å². The van der Waals surface area contributed by atoms with Crippen LogP contribution in [0.2, 0.25) is 0 Å². The first-order chi connectivity index (χ1) is 12.6. The van der Waals surface area contributed by atoms with Crippen LogP contribution >= 0.6 is 0 Å². The summed E-state index contributed by atoms with van der Waals surface area (Å²) in [7, 11) is 0. The molecule has 1 aliphatic rings. The van der Waals surface area contributed by atoms with Crippen LogP contribution in [-0.2, 0) is 9.59 Å². The van der Waals surface area contributed by atoms with Crippen molar-refractivity contribution in [2.75, 3.05) is 16.6 Å². The van der Waals surface area contributed by atoms with E-state index in [-0.39, 0.29) is 12.3 Å². The number of amides is 2. The van der Waals surface area contributed by atoms with Gasteiger partial charge < -0.3 is 4.74 Å². The summed E-state index contributed by atoms with van der Waals surface area (Å²) in [6.45, 7) is 2.58. The third-order valence-corrected chi connectivity index (χ3v) is 4.30. The zero-order valence-corrected chi connectivity index (χ0v) is 14.7. The Hall–Kier alpha value is -2.86. The van der Waals surface area contributed by atoms with E-state index in [4.69, 9.17) is 4.74 Å². The molecule has 1 heterocycles. The minimum Gasteiger partial charge on any atom is -0.491 e. The van der Waals surface area contributed by atoms with Crippen molar-refractivity contribution < 1.29 is 19.5 Å². The highest BCUT2D eigenvalue weighted by atomic mass is 16.5. The molecule has 0 saturated carbocycles. The van der Waals surface area contributed by atoms with Gasteiger partial charge in [-0.2, -0.15) is 0 Å². The number of para-hydroxylation sites is 3. The van der Waals surface area contributed by atoms with E-state index >= 15 is 0 Å². The number of unbranched alkanes of at least 4 members (excludes halogenated alkanes) is 1. The lowest BCUT2D eigenvalue weighted by Gasteiger charge is -2.23. The van der Waals surface area contributed by atoms with Gasteiger partial charge in [-0.1, -0.05) is 43.7 Å². The predicted molar refractivity (Wildman–Crippen MR) is 98.5 cm³/mol. The van der Waals surface area contributed by atoms with Crippen LogP contribution in [0.5, 0.6) is 5.75 Å². The highest BCUT2D eigenvalue weighted by Crippen LogP contribution is 2.34. The molecule has 0 aliphatic carbocycles. The Morgan fingerprint density at radius 1 is 1.12 bits per heavy atom. The van der Waals surface area contributed by atoms with Crippen LogP contribution in [-0.4, -0.2) is 29.7 Å². The van der Waals surface area contributed by atoms with Crippen molar-refractivity contribution in [3.8, 4) is 5.75 Å². The minimum atomic E-state index is -0.950. The number of ether oxygens (including phenoxy) is 1. The molecule has 2 amide bonds. The van der Waals surface area contributed by atoms with Crippen molar-refractivity contribution >= 4 is 23.2 Å². The van der Waals surface area contributed by atoms with Gasteiger partial charge in [0, 0.05) is 0 Å². The molecule has 0 aromatic heterocycles. The van der Waals surface area contributed by atoms with E-state index in [0.717, 1.165) is 22.8 Å². The summed E-state index contributed by atoms with van der Waals surface area (Å²) >= 11 is 0. The molecule has 1 aliphatic heterocycles. The van der Waals surface area contributed by atoms with Gasteiger partial charge in [0.05, 0.1) is 24.4 Å².